The van der Waals surface area contributed by atoms with Crippen LogP contribution in [0, 0.1) is 34.5 Å². The number of nitrogens with one attached hydrogen (secondary N) is 2. The standard InChI is InChI=1S/C26H36N4O3S/c1-25-11-9-18-16(6-8-20-26(18,2)12-10-21(31)28-20)17(25)7-5-15(25)13-22(32)29-24-27-19(14-34-24)23(33)30(3)4/h10,12,14-18,20H,5-9,11,13H2,1-4H3,(H,28,31)(H,27,29,32)/t15-,16+,17+,18+,20-,25-,26-/m1/s1. The fraction of sp³-hybridized carbons (Fsp3) is 0.692. The highest BCUT2D eigenvalue weighted by atomic mass is 32.1. The van der Waals surface area contributed by atoms with Gasteiger partial charge in [-0.25, -0.2) is 4.98 Å². The van der Waals surface area contributed by atoms with Gasteiger partial charge in [0.15, 0.2) is 5.13 Å². The van der Waals surface area contributed by atoms with Crippen molar-refractivity contribution in [1.29, 1.82) is 0 Å². The zero-order valence-corrected chi connectivity index (χ0v) is 21.4. The second-order valence-electron chi connectivity index (χ2n) is 11.5. The Kier molecular flexibility index (Phi) is 5.86. The smallest absolute Gasteiger partial charge is 0.272 e. The fourth-order valence-electron chi connectivity index (χ4n) is 7.83. The van der Waals surface area contributed by atoms with E-state index >= 15 is 0 Å². The lowest BCUT2D eigenvalue weighted by Crippen LogP contribution is -2.59. The third kappa shape index (κ3) is 3.78. The Morgan fingerprint density at radius 1 is 1.18 bits per heavy atom. The third-order valence-corrected chi connectivity index (χ3v) is 10.4. The predicted molar refractivity (Wildman–Crippen MR) is 132 cm³/mol. The maximum Gasteiger partial charge on any atom is 0.272 e. The van der Waals surface area contributed by atoms with Gasteiger partial charge >= 0.3 is 0 Å². The van der Waals surface area contributed by atoms with Crippen molar-refractivity contribution in [3.05, 3.63) is 23.2 Å². The van der Waals surface area contributed by atoms with Crippen molar-refractivity contribution in [2.45, 2.75) is 64.8 Å². The molecule has 7 nitrogen and oxygen atoms in total. The maximum atomic E-state index is 13.0. The second-order valence-corrected chi connectivity index (χ2v) is 12.4. The molecule has 3 fully saturated rings. The molecule has 3 amide bonds. The van der Waals surface area contributed by atoms with Crippen LogP contribution < -0.4 is 10.6 Å². The molecule has 1 aromatic heterocycles. The largest absolute Gasteiger partial charge is 0.349 e. The highest BCUT2D eigenvalue weighted by Gasteiger charge is 2.59. The molecule has 0 spiro atoms. The minimum Gasteiger partial charge on any atom is -0.349 e. The van der Waals surface area contributed by atoms with Crippen molar-refractivity contribution in [2.75, 3.05) is 19.4 Å². The van der Waals surface area contributed by atoms with E-state index in [-0.39, 0.29) is 34.6 Å². The van der Waals surface area contributed by atoms with E-state index < -0.39 is 0 Å². The van der Waals surface area contributed by atoms with E-state index in [1.54, 1.807) is 25.6 Å². The first-order valence-corrected chi connectivity index (χ1v) is 13.5. The summed E-state index contributed by atoms with van der Waals surface area (Å²) in [6, 6.07) is 0.251. The zero-order chi connectivity index (χ0) is 24.3. The number of amides is 3. The number of hydrogen-bond acceptors (Lipinski definition) is 5. The van der Waals surface area contributed by atoms with Gasteiger partial charge in [-0.1, -0.05) is 19.9 Å². The van der Waals surface area contributed by atoms with E-state index in [1.807, 2.05) is 0 Å². The monoisotopic (exact) mass is 484 g/mol. The molecule has 0 radical (unpaired) electrons. The van der Waals surface area contributed by atoms with Crippen molar-refractivity contribution in [1.82, 2.24) is 15.2 Å². The van der Waals surface area contributed by atoms with E-state index in [0.29, 0.717) is 40.9 Å². The molecule has 0 aromatic carbocycles. The zero-order valence-electron chi connectivity index (χ0n) is 20.6. The van der Waals surface area contributed by atoms with E-state index in [2.05, 4.69) is 35.5 Å². The van der Waals surface area contributed by atoms with Crippen molar-refractivity contribution < 1.29 is 14.4 Å². The minimum absolute atomic E-state index is 0.000738. The van der Waals surface area contributed by atoms with Crippen molar-refractivity contribution in [3.8, 4) is 0 Å². The number of carbonyl (C=O) groups is 3. The fourth-order valence-corrected chi connectivity index (χ4v) is 8.53. The Bertz CT molecular complexity index is 1030. The highest BCUT2D eigenvalue weighted by Crippen LogP contribution is 2.65. The van der Waals surface area contributed by atoms with E-state index in [9.17, 15) is 14.4 Å². The van der Waals surface area contributed by atoms with Gasteiger partial charge in [-0.3, -0.25) is 14.4 Å². The Balaban J connectivity index is 1.26. The van der Waals surface area contributed by atoms with Gasteiger partial charge in [-0.05, 0) is 73.7 Å². The number of nitrogens with zero attached hydrogens (tertiary/aromatic N) is 2. The molecule has 3 saturated carbocycles. The Hall–Kier alpha value is -2.22. The van der Waals surface area contributed by atoms with Crippen LogP contribution in [0.4, 0.5) is 5.13 Å². The van der Waals surface area contributed by atoms with Gasteiger partial charge in [0.05, 0.1) is 0 Å². The molecule has 184 valence electrons. The molecule has 3 aliphatic carbocycles. The van der Waals surface area contributed by atoms with Gasteiger partial charge in [0.25, 0.3) is 5.91 Å². The second kappa shape index (κ2) is 8.47. The number of hydrogen-bond donors (Lipinski definition) is 2. The van der Waals surface area contributed by atoms with Crippen LogP contribution in [0.3, 0.4) is 0 Å². The lowest BCUT2D eigenvalue weighted by Gasteiger charge is -2.59. The first-order chi connectivity index (χ1) is 16.1. The van der Waals surface area contributed by atoms with Gasteiger partial charge in [-0.2, -0.15) is 0 Å². The molecule has 4 aliphatic rings. The summed E-state index contributed by atoms with van der Waals surface area (Å²) in [4.78, 5) is 42.8. The summed E-state index contributed by atoms with van der Waals surface area (Å²) in [6.07, 6.45) is 11.2. The highest BCUT2D eigenvalue weighted by molar-refractivity contribution is 7.14. The summed E-state index contributed by atoms with van der Waals surface area (Å²) in [5, 5.41) is 8.37. The Labute approximate surface area is 205 Å². The first-order valence-electron chi connectivity index (χ1n) is 12.6. The lowest BCUT2D eigenvalue weighted by atomic mass is 9.48. The number of anilines is 1. The third-order valence-electron chi connectivity index (χ3n) is 9.69. The summed E-state index contributed by atoms with van der Waals surface area (Å²) >= 11 is 1.30. The molecule has 0 bridgehead atoms. The number of rotatable bonds is 4. The number of thiazole rings is 1. The molecule has 0 unspecified atom stereocenters. The molecule has 5 rings (SSSR count). The van der Waals surface area contributed by atoms with Crippen LogP contribution in [0.2, 0.25) is 0 Å². The van der Waals surface area contributed by atoms with Crippen molar-refractivity contribution in [2.24, 2.45) is 34.5 Å². The van der Waals surface area contributed by atoms with Gasteiger partial charge in [0, 0.05) is 37.4 Å². The summed E-state index contributed by atoms with van der Waals surface area (Å²) in [7, 11) is 3.39. The number of aromatic nitrogens is 1. The first kappa shape index (κ1) is 23.5. The van der Waals surface area contributed by atoms with Gasteiger partial charge in [0.2, 0.25) is 11.8 Å². The van der Waals surface area contributed by atoms with Crippen LogP contribution >= 0.6 is 11.3 Å². The van der Waals surface area contributed by atoms with Gasteiger partial charge < -0.3 is 15.5 Å². The summed E-state index contributed by atoms with van der Waals surface area (Å²) in [5.41, 5.74) is 0.590. The van der Waals surface area contributed by atoms with Gasteiger partial charge in [-0.15, -0.1) is 11.3 Å². The molecule has 2 heterocycles. The van der Waals surface area contributed by atoms with E-state index in [1.165, 1.54) is 29.1 Å². The summed E-state index contributed by atoms with van der Waals surface area (Å²) in [6.45, 7) is 4.76. The Morgan fingerprint density at radius 2 is 1.97 bits per heavy atom. The average molecular weight is 485 g/mol. The van der Waals surface area contributed by atoms with Crippen LogP contribution in [0.15, 0.2) is 17.5 Å². The normalized spacial score (nSPS) is 38.4. The number of fused-ring (bicyclic) bond motifs is 5. The maximum absolute atomic E-state index is 13.0. The number of carbonyl (C=O) groups excluding carboxylic acids is 3. The van der Waals surface area contributed by atoms with Gasteiger partial charge in [0.1, 0.15) is 5.69 Å². The summed E-state index contributed by atoms with van der Waals surface area (Å²) < 4.78 is 0. The van der Waals surface area contributed by atoms with Crippen molar-refractivity contribution >= 4 is 34.2 Å². The molecular weight excluding hydrogens is 448 g/mol. The molecule has 0 saturated heterocycles. The summed E-state index contributed by atoms with van der Waals surface area (Å²) in [5.74, 6) is 2.15. The van der Waals surface area contributed by atoms with Crippen LogP contribution in [0.25, 0.3) is 0 Å². The molecule has 1 aromatic rings. The van der Waals surface area contributed by atoms with E-state index in [4.69, 9.17) is 0 Å². The molecule has 8 heteroatoms. The minimum atomic E-state index is -0.157. The van der Waals surface area contributed by atoms with Crippen LogP contribution in [-0.4, -0.2) is 47.7 Å². The average Bonchev–Trinajstić information content (AvgIpc) is 3.38. The molecule has 2 N–H and O–H groups in total. The SMILES string of the molecule is CN(C)C(=O)c1csc(NC(=O)C[C@H]2CC[C@H]3[C@@H]4CC[C@H]5NC(=O)C=C[C@]5(C)[C@H]4CC[C@]23C)n1. The predicted octanol–water partition coefficient (Wildman–Crippen LogP) is 4.09. The quantitative estimate of drug-likeness (QED) is 0.674. The van der Waals surface area contributed by atoms with Crippen molar-refractivity contribution in [3.63, 3.8) is 0 Å². The van der Waals surface area contributed by atoms with Crippen LogP contribution in [-0.2, 0) is 9.59 Å². The Morgan fingerprint density at radius 3 is 2.74 bits per heavy atom. The topological polar surface area (TPSA) is 91.4 Å². The van der Waals surface area contributed by atoms with Crippen LogP contribution in [0.1, 0.15) is 69.3 Å². The molecule has 1 aliphatic heterocycles. The van der Waals surface area contributed by atoms with E-state index in [0.717, 1.165) is 25.7 Å². The molecular formula is C26H36N4O3S. The lowest BCUT2D eigenvalue weighted by molar-refractivity contribution is -0.123. The molecule has 7 atom stereocenters. The molecule has 34 heavy (non-hydrogen) atoms. The van der Waals surface area contributed by atoms with Crippen LogP contribution in [0.5, 0.6) is 0 Å².